The fourth-order valence-corrected chi connectivity index (χ4v) is 2.61. The number of amides is 2. The van der Waals surface area contributed by atoms with Gasteiger partial charge < -0.3 is 10.6 Å². The van der Waals surface area contributed by atoms with Crippen LogP contribution in [0.25, 0.3) is 0 Å². The second kappa shape index (κ2) is 7.41. The van der Waals surface area contributed by atoms with Crippen molar-refractivity contribution in [1.29, 1.82) is 0 Å². The van der Waals surface area contributed by atoms with Gasteiger partial charge in [-0.3, -0.25) is 0 Å². The van der Waals surface area contributed by atoms with E-state index in [4.69, 9.17) is 0 Å². The minimum absolute atomic E-state index is 0.282. The fraction of sp³-hybridized carbons (Fsp3) is 0.188. The molecule has 0 aliphatic rings. The quantitative estimate of drug-likeness (QED) is 0.822. The number of nitrogens with one attached hydrogen (secondary N) is 2. The SMILES string of the molecule is CCNC(=O)Nc1ccc(Sc2ccc(C(F)(F)F)cc2)cc1. The summed E-state index contributed by atoms with van der Waals surface area (Å²) in [6, 6.07) is 11.8. The minimum atomic E-state index is -4.32. The highest BCUT2D eigenvalue weighted by molar-refractivity contribution is 7.99. The van der Waals surface area contributed by atoms with Crippen molar-refractivity contribution in [3.05, 3.63) is 54.1 Å². The number of carbonyl (C=O) groups is 1. The summed E-state index contributed by atoms with van der Waals surface area (Å²) in [6.07, 6.45) is -4.32. The molecule has 0 aliphatic heterocycles. The van der Waals surface area contributed by atoms with Crippen LogP contribution in [0.2, 0.25) is 0 Å². The number of carbonyl (C=O) groups excluding carboxylic acids is 1. The Morgan fingerprint density at radius 3 is 2.00 bits per heavy atom. The van der Waals surface area contributed by atoms with Gasteiger partial charge in [-0.05, 0) is 55.5 Å². The largest absolute Gasteiger partial charge is 0.416 e. The smallest absolute Gasteiger partial charge is 0.338 e. The first-order chi connectivity index (χ1) is 10.9. The normalized spacial score (nSPS) is 11.1. The highest BCUT2D eigenvalue weighted by Gasteiger charge is 2.29. The summed E-state index contributed by atoms with van der Waals surface area (Å²) in [7, 11) is 0. The number of halogens is 3. The second-order valence-corrected chi connectivity index (χ2v) is 5.78. The molecule has 3 nitrogen and oxygen atoms in total. The molecule has 0 radical (unpaired) electrons. The zero-order chi connectivity index (χ0) is 16.9. The van der Waals surface area contributed by atoms with Crippen LogP contribution < -0.4 is 10.6 Å². The van der Waals surface area contributed by atoms with Gasteiger partial charge in [-0.2, -0.15) is 13.2 Å². The molecule has 23 heavy (non-hydrogen) atoms. The van der Waals surface area contributed by atoms with E-state index in [1.54, 1.807) is 24.3 Å². The number of anilines is 1. The average Bonchev–Trinajstić information content (AvgIpc) is 2.49. The molecule has 0 spiro atoms. The lowest BCUT2D eigenvalue weighted by Gasteiger charge is -2.08. The summed E-state index contributed by atoms with van der Waals surface area (Å²) in [6.45, 7) is 2.36. The van der Waals surface area contributed by atoms with Crippen molar-refractivity contribution in [3.8, 4) is 0 Å². The van der Waals surface area contributed by atoms with Crippen LogP contribution in [0.1, 0.15) is 12.5 Å². The maximum atomic E-state index is 12.5. The molecule has 2 aromatic rings. The third-order valence-electron chi connectivity index (χ3n) is 2.87. The average molecular weight is 340 g/mol. The van der Waals surface area contributed by atoms with Gasteiger partial charge in [0.15, 0.2) is 0 Å². The summed E-state index contributed by atoms with van der Waals surface area (Å²) < 4.78 is 37.5. The van der Waals surface area contributed by atoms with Crippen LogP contribution in [0.5, 0.6) is 0 Å². The molecule has 0 aliphatic carbocycles. The van der Waals surface area contributed by atoms with E-state index in [9.17, 15) is 18.0 Å². The van der Waals surface area contributed by atoms with Crippen LogP contribution in [-0.4, -0.2) is 12.6 Å². The molecule has 0 unspecified atom stereocenters. The number of urea groups is 1. The summed E-state index contributed by atoms with van der Waals surface area (Å²) in [5, 5.41) is 5.29. The molecule has 0 saturated heterocycles. The van der Waals surface area contributed by atoms with Gasteiger partial charge in [0, 0.05) is 22.0 Å². The molecule has 2 aromatic carbocycles. The third-order valence-corrected chi connectivity index (χ3v) is 3.88. The van der Waals surface area contributed by atoms with Crippen molar-refractivity contribution in [1.82, 2.24) is 5.32 Å². The van der Waals surface area contributed by atoms with Gasteiger partial charge in [0.25, 0.3) is 0 Å². The predicted octanol–water partition coefficient (Wildman–Crippen LogP) is 5.00. The number of alkyl halides is 3. The van der Waals surface area contributed by atoms with E-state index in [0.717, 1.165) is 17.0 Å². The maximum Gasteiger partial charge on any atom is 0.416 e. The summed E-state index contributed by atoms with van der Waals surface area (Å²) in [4.78, 5) is 13.0. The molecule has 0 heterocycles. The van der Waals surface area contributed by atoms with Crippen LogP contribution in [0.15, 0.2) is 58.3 Å². The Balaban J connectivity index is 1.99. The standard InChI is InChI=1S/C16H15F3N2OS/c1-2-20-15(22)21-12-5-9-14(10-6-12)23-13-7-3-11(4-8-13)16(17,18)19/h3-10H,2H2,1H3,(H2,20,21,22). The van der Waals surface area contributed by atoms with Crippen LogP contribution in [-0.2, 0) is 6.18 Å². The third kappa shape index (κ3) is 5.21. The van der Waals surface area contributed by atoms with Crippen molar-refractivity contribution < 1.29 is 18.0 Å². The molecule has 2 rings (SSSR count). The van der Waals surface area contributed by atoms with Gasteiger partial charge in [-0.25, -0.2) is 4.79 Å². The number of hydrogen-bond acceptors (Lipinski definition) is 2. The molecule has 7 heteroatoms. The van der Waals surface area contributed by atoms with Gasteiger partial charge in [-0.1, -0.05) is 11.8 Å². The molecule has 0 bridgehead atoms. The van der Waals surface area contributed by atoms with Gasteiger partial charge in [0.05, 0.1) is 5.56 Å². The van der Waals surface area contributed by atoms with E-state index in [1.165, 1.54) is 23.9 Å². The first-order valence-electron chi connectivity index (χ1n) is 6.88. The van der Waals surface area contributed by atoms with Gasteiger partial charge in [-0.15, -0.1) is 0 Å². The Hall–Kier alpha value is -2.15. The molecular weight excluding hydrogens is 325 g/mol. The number of rotatable bonds is 4. The van der Waals surface area contributed by atoms with Crippen molar-refractivity contribution in [3.63, 3.8) is 0 Å². The van der Waals surface area contributed by atoms with E-state index in [-0.39, 0.29) is 6.03 Å². The van der Waals surface area contributed by atoms with E-state index >= 15 is 0 Å². The lowest BCUT2D eigenvalue weighted by molar-refractivity contribution is -0.137. The highest BCUT2D eigenvalue weighted by Crippen LogP contribution is 2.33. The van der Waals surface area contributed by atoms with E-state index in [0.29, 0.717) is 17.1 Å². The second-order valence-electron chi connectivity index (χ2n) is 4.63. The van der Waals surface area contributed by atoms with Gasteiger partial charge in [0.2, 0.25) is 0 Å². The van der Waals surface area contributed by atoms with Crippen LogP contribution in [0.4, 0.5) is 23.7 Å². The molecule has 0 atom stereocenters. The van der Waals surface area contributed by atoms with E-state index < -0.39 is 11.7 Å². The van der Waals surface area contributed by atoms with Crippen molar-refractivity contribution in [2.45, 2.75) is 22.9 Å². The van der Waals surface area contributed by atoms with Crippen molar-refractivity contribution in [2.75, 3.05) is 11.9 Å². The molecule has 0 saturated carbocycles. The zero-order valence-corrected chi connectivity index (χ0v) is 13.1. The summed E-state index contributed by atoms with van der Waals surface area (Å²) in [5.74, 6) is 0. The zero-order valence-electron chi connectivity index (χ0n) is 12.3. The van der Waals surface area contributed by atoms with Crippen LogP contribution in [0, 0.1) is 0 Å². The monoisotopic (exact) mass is 340 g/mol. The van der Waals surface area contributed by atoms with Crippen LogP contribution in [0.3, 0.4) is 0 Å². The topological polar surface area (TPSA) is 41.1 Å². The predicted molar refractivity (Wildman–Crippen MR) is 84.7 cm³/mol. The van der Waals surface area contributed by atoms with E-state index in [2.05, 4.69) is 10.6 Å². The van der Waals surface area contributed by atoms with Gasteiger partial charge in [0.1, 0.15) is 0 Å². The van der Waals surface area contributed by atoms with Crippen molar-refractivity contribution in [2.24, 2.45) is 0 Å². The maximum absolute atomic E-state index is 12.5. The fourth-order valence-electron chi connectivity index (χ4n) is 1.79. The van der Waals surface area contributed by atoms with Crippen molar-refractivity contribution >= 4 is 23.5 Å². The Morgan fingerprint density at radius 2 is 1.52 bits per heavy atom. The molecule has 122 valence electrons. The molecular formula is C16H15F3N2OS. The lowest BCUT2D eigenvalue weighted by Crippen LogP contribution is -2.28. The minimum Gasteiger partial charge on any atom is -0.338 e. The first-order valence-corrected chi connectivity index (χ1v) is 7.70. The molecule has 0 aromatic heterocycles. The molecule has 2 N–H and O–H groups in total. The molecule has 0 fully saturated rings. The Labute approximate surface area is 136 Å². The number of benzene rings is 2. The Kier molecular flexibility index (Phi) is 5.54. The summed E-state index contributed by atoms with van der Waals surface area (Å²) >= 11 is 1.35. The Morgan fingerprint density at radius 1 is 1.00 bits per heavy atom. The highest BCUT2D eigenvalue weighted by atomic mass is 32.2. The molecule has 2 amide bonds. The lowest BCUT2D eigenvalue weighted by atomic mass is 10.2. The van der Waals surface area contributed by atoms with E-state index in [1.807, 2.05) is 6.92 Å². The first kappa shape index (κ1) is 17.2. The van der Waals surface area contributed by atoms with Crippen LogP contribution >= 0.6 is 11.8 Å². The Bertz CT molecular complexity index is 655. The van der Waals surface area contributed by atoms with Gasteiger partial charge >= 0.3 is 12.2 Å². The number of hydrogen-bond donors (Lipinski definition) is 2. The summed E-state index contributed by atoms with van der Waals surface area (Å²) in [5.41, 5.74) is -0.0175.